The second-order valence-corrected chi connectivity index (χ2v) is 3.36. The molecular weight excluding hydrogens is 178 g/mol. The van der Waals surface area contributed by atoms with Gasteiger partial charge in [-0.25, -0.2) is 0 Å². The molecule has 2 N–H and O–H groups in total. The standard InChI is InChI=1S/C11H15NO2/c1-3-4-11(14)12-9-5-8(2)6-10(13)7-9/h5-7,13H,3-4H2,1-2H3,(H,12,14). The summed E-state index contributed by atoms with van der Waals surface area (Å²) in [5.41, 5.74) is 1.58. The first-order valence-corrected chi connectivity index (χ1v) is 4.72. The molecule has 0 atom stereocenters. The number of anilines is 1. The zero-order valence-corrected chi connectivity index (χ0v) is 8.50. The molecule has 0 bridgehead atoms. The zero-order valence-electron chi connectivity index (χ0n) is 8.50. The van der Waals surface area contributed by atoms with Crippen LogP contribution in [0.2, 0.25) is 0 Å². The van der Waals surface area contributed by atoms with Gasteiger partial charge >= 0.3 is 0 Å². The van der Waals surface area contributed by atoms with Crippen molar-refractivity contribution in [1.29, 1.82) is 0 Å². The second-order valence-electron chi connectivity index (χ2n) is 3.36. The smallest absolute Gasteiger partial charge is 0.224 e. The maximum Gasteiger partial charge on any atom is 0.224 e. The molecule has 1 aromatic rings. The first-order chi connectivity index (χ1) is 6.61. The predicted octanol–water partition coefficient (Wildman–Crippen LogP) is 2.44. The Labute approximate surface area is 83.8 Å². The van der Waals surface area contributed by atoms with E-state index >= 15 is 0 Å². The molecular formula is C11H15NO2. The number of hydrogen-bond acceptors (Lipinski definition) is 2. The molecule has 76 valence electrons. The fourth-order valence-corrected chi connectivity index (χ4v) is 1.29. The lowest BCUT2D eigenvalue weighted by molar-refractivity contribution is -0.116. The summed E-state index contributed by atoms with van der Waals surface area (Å²) < 4.78 is 0. The van der Waals surface area contributed by atoms with Crippen LogP contribution in [0.15, 0.2) is 18.2 Å². The van der Waals surface area contributed by atoms with E-state index in [2.05, 4.69) is 5.32 Å². The van der Waals surface area contributed by atoms with Crippen molar-refractivity contribution in [3.8, 4) is 5.75 Å². The van der Waals surface area contributed by atoms with Crippen LogP contribution in [-0.4, -0.2) is 11.0 Å². The van der Waals surface area contributed by atoms with E-state index < -0.39 is 0 Å². The van der Waals surface area contributed by atoms with Crippen molar-refractivity contribution < 1.29 is 9.90 Å². The van der Waals surface area contributed by atoms with Gasteiger partial charge < -0.3 is 10.4 Å². The number of phenolic OH excluding ortho intramolecular Hbond substituents is 1. The number of rotatable bonds is 3. The molecule has 0 aromatic heterocycles. The summed E-state index contributed by atoms with van der Waals surface area (Å²) in [6.07, 6.45) is 1.33. The molecule has 0 aliphatic rings. The average Bonchev–Trinajstić information content (AvgIpc) is 2.01. The van der Waals surface area contributed by atoms with Crippen molar-refractivity contribution in [3.63, 3.8) is 0 Å². The number of amides is 1. The molecule has 1 rings (SSSR count). The van der Waals surface area contributed by atoms with E-state index in [1.807, 2.05) is 19.9 Å². The van der Waals surface area contributed by atoms with Crippen LogP contribution in [0.4, 0.5) is 5.69 Å². The van der Waals surface area contributed by atoms with Crippen LogP contribution in [0.3, 0.4) is 0 Å². The Morgan fingerprint density at radius 1 is 1.43 bits per heavy atom. The third kappa shape index (κ3) is 3.09. The molecule has 0 fully saturated rings. The van der Waals surface area contributed by atoms with Gasteiger partial charge in [0.15, 0.2) is 0 Å². The van der Waals surface area contributed by atoms with Gasteiger partial charge in [0.1, 0.15) is 5.75 Å². The first-order valence-electron chi connectivity index (χ1n) is 4.72. The number of carbonyl (C=O) groups is 1. The molecule has 0 spiro atoms. The highest BCUT2D eigenvalue weighted by Crippen LogP contribution is 2.19. The predicted molar refractivity (Wildman–Crippen MR) is 56.4 cm³/mol. The summed E-state index contributed by atoms with van der Waals surface area (Å²) in [4.78, 5) is 11.2. The Kier molecular flexibility index (Phi) is 3.51. The third-order valence-corrected chi connectivity index (χ3v) is 1.82. The molecule has 1 aromatic carbocycles. The highest BCUT2D eigenvalue weighted by molar-refractivity contribution is 5.90. The molecule has 0 aliphatic heterocycles. The normalized spacial score (nSPS) is 9.86. The van der Waals surface area contributed by atoms with Crippen molar-refractivity contribution in [2.45, 2.75) is 26.7 Å². The Morgan fingerprint density at radius 3 is 2.71 bits per heavy atom. The van der Waals surface area contributed by atoms with Gasteiger partial charge in [0, 0.05) is 18.2 Å². The average molecular weight is 193 g/mol. The van der Waals surface area contributed by atoms with Crippen LogP contribution >= 0.6 is 0 Å². The number of benzene rings is 1. The quantitative estimate of drug-likeness (QED) is 0.774. The molecule has 14 heavy (non-hydrogen) atoms. The minimum atomic E-state index is -0.0162. The SMILES string of the molecule is CCCC(=O)Nc1cc(C)cc(O)c1. The van der Waals surface area contributed by atoms with E-state index in [1.165, 1.54) is 0 Å². The molecule has 0 aliphatic carbocycles. The molecule has 0 heterocycles. The van der Waals surface area contributed by atoms with E-state index in [0.717, 1.165) is 12.0 Å². The number of phenols is 1. The minimum Gasteiger partial charge on any atom is -0.508 e. The van der Waals surface area contributed by atoms with Crippen molar-refractivity contribution in [3.05, 3.63) is 23.8 Å². The number of hydrogen-bond donors (Lipinski definition) is 2. The van der Waals surface area contributed by atoms with Gasteiger partial charge in [0.25, 0.3) is 0 Å². The van der Waals surface area contributed by atoms with E-state index in [0.29, 0.717) is 12.1 Å². The maximum atomic E-state index is 11.2. The molecule has 0 unspecified atom stereocenters. The first kappa shape index (κ1) is 10.6. The Hall–Kier alpha value is -1.51. The molecule has 3 nitrogen and oxygen atoms in total. The van der Waals surface area contributed by atoms with E-state index in [1.54, 1.807) is 12.1 Å². The van der Waals surface area contributed by atoms with Crippen molar-refractivity contribution >= 4 is 11.6 Å². The van der Waals surface area contributed by atoms with Crippen LogP contribution in [-0.2, 0) is 4.79 Å². The fourth-order valence-electron chi connectivity index (χ4n) is 1.29. The molecule has 0 radical (unpaired) electrons. The van der Waals surface area contributed by atoms with Gasteiger partial charge in [-0.15, -0.1) is 0 Å². The van der Waals surface area contributed by atoms with Crippen LogP contribution in [0, 0.1) is 6.92 Å². The van der Waals surface area contributed by atoms with Crippen molar-refractivity contribution in [2.75, 3.05) is 5.32 Å². The number of nitrogens with one attached hydrogen (secondary N) is 1. The fraction of sp³-hybridized carbons (Fsp3) is 0.364. The van der Waals surface area contributed by atoms with Crippen LogP contribution in [0.1, 0.15) is 25.3 Å². The lowest BCUT2D eigenvalue weighted by atomic mass is 10.2. The largest absolute Gasteiger partial charge is 0.508 e. The van der Waals surface area contributed by atoms with E-state index in [4.69, 9.17) is 0 Å². The van der Waals surface area contributed by atoms with E-state index in [9.17, 15) is 9.90 Å². The molecule has 0 saturated carbocycles. The summed E-state index contributed by atoms with van der Waals surface area (Å²) in [5, 5.41) is 12.0. The summed E-state index contributed by atoms with van der Waals surface area (Å²) in [6, 6.07) is 5.02. The lowest BCUT2D eigenvalue weighted by Gasteiger charge is -2.05. The summed E-state index contributed by atoms with van der Waals surface area (Å²) in [6.45, 7) is 3.82. The van der Waals surface area contributed by atoms with Gasteiger partial charge in [-0.3, -0.25) is 4.79 Å². The van der Waals surface area contributed by atoms with Crippen molar-refractivity contribution in [1.82, 2.24) is 0 Å². The number of carbonyl (C=O) groups excluding carboxylic acids is 1. The monoisotopic (exact) mass is 193 g/mol. The molecule has 0 saturated heterocycles. The van der Waals surface area contributed by atoms with E-state index in [-0.39, 0.29) is 11.7 Å². The number of aryl methyl sites for hydroxylation is 1. The number of aromatic hydroxyl groups is 1. The minimum absolute atomic E-state index is 0.0162. The summed E-state index contributed by atoms with van der Waals surface area (Å²) in [7, 11) is 0. The zero-order chi connectivity index (χ0) is 10.6. The highest BCUT2D eigenvalue weighted by Gasteiger charge is 2.02. The summed E-state index contributed by atoms with van der Waals surface area (Å²) >= 11 is 0. The second kappa shape index (κ2) is 4.65. The Bertz CT molecular complexity index is 314. The Morgan fingerprint density at radius 2 is 2.14 bits per heavy atom. The topological polar surface area (TPSA) is 49.3 Å². The van der Waals surface area contributed by atoms with Crippen molar-refractivity contribution in [2.24, 2.45) is 0 Å². The lowest BCUT2D eigenvalue weighted by Crippen LogP contribution is -2.10. The van der Waals surface area contributed by atoms with Gasteiger partial charge in [0.2, 0.25) is 5.91 Å². The highest BCUT2D eigenvalue weighted by atomic mass is 16.3. The van der Waals surface area contributed by atoms with Gasteiger partial charge in [-0.1, -0.05) is 6.92 Å². The summed E-state index contributed by atoms with van der Waals surface area (Å²) in [5.74, 6) is 0.161. The van der Waals surface area contributed by atoms with Gasteiger partial charge in [0.05, 0.1) is 0 Å². The molecule has 3 heteroatoms. The van der Waals surface area contributed by atoms with Crippen LogP contribution in [0.5, 0.6) is 5.75 Å². The van der Waals surface area contributed by atoms with Gasteiger partial charge in [-0.05, 0) is 31.0 Å². The van der Waals surface area contributed by atoms with Crippen LogP contribution < -0.4 is 5.32 Å². The third-order valence-electron chi connectivity index (χ3n) is 1.82. The molecule has 1 amide bonds. The van der Waals surface area contributed by atoms with Gasteiger partial charge in [-0.2, -0.15) is 0 Å². The van der Waals surface area contributed by atoms with Crippen LogP contribution in [0.25, 0.3) is 0 Å². The Balaban J connectivity index is 2.71. The maximum absolute atomic E-state index is 11.2.